The first kappa shape index (κ1) is 10.2. The summed E-state index contributed by atoms with van der Waals surface area (Å²) in [5.41, 5.74) is 1.13. The van der Waals surface area contributed by atoms with Crippen LogP contribution in [0.2, 0.25) is 0 Å². The zero-order chi connectivity index (χ0) is 10.6. The van der Waals surface area contributed by atoms with Crippen LogP contribution in [0.15, 0.2) is 30.9 Å². The van der Waals surface area contributed by atoms with E-state index in [1.165, 1.54) is 0 Å². The van der Waals surface area contributed by atoms with Crippen LogP contribution in [-0.2, 0) is 9.59 Å². The van der Waals surface area contributed by atoms with Crippen molar-refractivity contribution >= 4 is 12.3 Å². The molecule has 3 nitrogen and oxygen atoms in total. The number of hydrogen-bond acceptors (Lipinski definition) is 3. The molecule has 3 heteroatoms. The Labute approximate surface area is 82.0 Å². The number of esters is 1. The molecule has 1 aromatic rings. The molecule has 0 atom stereocenters. The van der Waals surface area contributed by atoms with E-state index in [1.807, 2.05) is 6.92 Å². The predicted molar refractivity (Wildman–Crippen MR) is 51.8 cm³/mol. The molecule has 0 unspecified atom stereocenters. The summed E-state index contributed by atoms with van der Waals surface area (Å²) >= 11 is 0. The van der Waals surface area contributed by atoms with Crippen molar-refractivity contribution in [1.82, 2.24) is 0 Å². The Balaban J connectivity index is 3.04. The van der Waals surface area contributed by atoms with Crippen molar-refractivity contribution < 1.29 is 14.3 Å². The summed E-state index contributed by atoms with van der Waals surface area (Å²) in [7, 11) is 0. The lowest BCUT2D eigenvalue weighted by atomic mass is 10.1. The Morgan fingerprint density at radius 1 is 1.57 bits per heavy atom. The second kappa shape index (κ2) is 4.37. The molecule has 1 rings (SSSR count). The van der Waals surface area contributed by atoms with E-state index in [0.717, 1.165) is 11.6 Å². The molecule has 1 aromatic carbocycles. The van der Waals surface area contributed by atoms with Crippen LogP contribution in [0.4, 0.5) is 0 Å². The molecule has 0 fully saturated rings. The van der Waals surface area contributed by atoms with Crippen molar-refractivity contribution in [2.24, 2.45) is 0 Å². The Kier molecular flexibility index (Phi) is 3.18. The highest BCUT2D eigenvalue weighted by Crippen LogP contribution is 2.18. The van der Waals surface area contributed by atoms with E-state index in [2.05, 4.69) is 6.58 Å². The molecule has 0 heterocycles. The van der Waals surface area contributed by atoms with E-state index in [1.54, 1.807) is 24.5 Å². The summed E-state index contributed by atoms with van der Waals surface area (Å²) in [6, 6.07) is 4.89. The first-order chi connectivity index (χ1) is 6.67. The van der Waals surface area contributed by atoms with Crippen LogP contribution in [0.25, 0.3) is 0 Å². The molecule has 71 valence electrons. The highest BCUT2D eigenvalue weighted by atomic mass is 16.5. The van der Waals surface area contributed by atoms with Gasteiger partial charge in [0.1, 0.15) is 5.75 Å². The number of ether oxygens (including phenoxy) is 1. The van der Waals surface area contributed by atoms with Crippen molar-refractivity contribution in [3.8, 4) is 5.75 Å². The van der Waals surface area contributed by atoms with Gasteiger partial charge in [-0.2, -0.15) is 0 Å². The molecule has 0 saturated heterocycles. The summed E-state index contributed by atoms with van der Waals surface area (Å²) in [4.78, 5) is 21.4. The SMILES string of the molecule is C=CC(=O)Oc1cc(C)ccc1[C]=O. The number of carbonyl (C=O) groups excluding carboxylic acids is 2. The molecule has 0 aliphatic heterocycles. The van der Waals surface area contributed by atoms with Crippen molar-refractivity contribution in [3.05, 3.63) is 42.0 Å². The molecular weight excluding hydrogens is 180 g/mol. The zero-order valence-corrected chi connectivity index (χ0v) is 7.74. The van der Waals surface area contributed by atoms with Crippen LogP contribution in [0, 0.1) is 6.92 Å². The van der Waals surface area contributed by atoms with Gasteiger partial charge in [0, 0.05) is 6.08 Å². The van der Waals surface area contributed by atoms with E-state index in [4.69, 9.17) is 4.74 Å². The molecule has 14 heavy (non-hydrogen) atoms. The van der Waals surface area contributed by atoms with Crippen molar-refractivity contribution in [2.75, 3.05) is 0 Å². The molecule has 0 aliphatic rings. The highest BCUT2D eigenvalue weighted by Gasteiger charge is 2.06. The van der Waals surface area contributed by atoms with Crippen LogP contribution in [-0.4, -0.2) is 12.3 Å². The number of aryl methyl sites for hydroxylation is 1. The van der Waals surface area contributed by atoms with Crippen molar-refractivity contribution in [1.29, 1.82) is 0 Å². The van der Waals surface area contributed by atoms with Gasteiger partial charge in [0.05, 0.1) is 5.56 Å². The standard InChI is InChI=1S/C11H9O3/c1-3-11(13)14-10-6-8(2)4-5-9(10)7-12/h3-6H,1H2,2H3. The monoisotopic (exact) mass is 189 g/mol. The number of benzene rings is 1. The largest absolute Gasteiger partial charge is 0.423 e. The first-order valence-corrected chi connectivity index (χ1v) is 4.00. The van der Waals surface area contributed by atoms with Crippen LogP contribution >= 0.6 is 0 Å². The third-order valence-corrected chi connectivity index (χ3v) is 1.62. The summed E-state index contributed by atoms with van der Waals surface area (Å²) < 4.78 is 4.85. The summed E-state index contributed by atoms with van der Waals surface area (Å²) in [5, 5.41) is 0. The Morgan fingerprint density at radius 3 is 2.86 bits per heavy atom. The van der Waals surface area contributed by atoms with Gasteiger partial charge in [0.15, 0.2) is 0 Å². The van der Waals surface area contributed by atoms with Crippen LogP contribution in [0.3, 0.4) is 0 Å². The van der Waals surface area contributed by atoms with E-state index in [0.29, 0.717) is 0 Å². The second-order valence-electron chi connectivity index (χ2n) is 2.73. The Morgan fingerprint density at radius 2 is 2.29 bits per heavy atom. The lowest BCUT2D eigenvalue weighted by Gasteiger charge is -2.04. The maximum Gasteiger partial charge on any atom is 0.335 e. The third-order valence-electron chi connectivity index (χ3n) is 1.62. The van der Waals surface area contributed by atoms with Crippen LogP contribution in [0.1, 0.15) is 11.1 Å². The highest BCUT2D eigenvalue weighted by molar-refractivity contribution is 5.87. The minimum Gasteiger partial charge on any atom is -0.423 e. The number of carbonyl (C=O) groups is 1. The fourth-order valence-corrected chi connectivity index (χ4v) is 0.948. The lowest BCUT2D eigenvalue weighted by Crippen LogP contribution is -2.05. The summed E-state index contributed by atoms with van der Waals surface area (Å²) in [5.74, 6) is -0.378. The van der Waals surface area contributed by atoms with Gasteiger partial charge in [-0.05, 0) is 24.6 Å². The fourth-order valence-electron chi connectivity index (χ4n) is 0.948. The predicted octanol–water partition coefficient (Wildman–Crippen LogP) is 1.54. The minimum absolute atomic E-state index is 0.213. The van der Waals surface area contributed by atoms with E-state index in [-0.39, 0.29) is 11.3 Å². The second-order valence-corrected chi connectivity index (χ2v) is 2.73. The maximum absolute atomic E-state index is 10.9. The average molecular weight is 189 g/mol. The average Bonchev–Trinajstić information content (AvgIpc) is 2.18. The normalized spacial score (nSPS) is 9.21. The smallest absolute Gasteiger partial charge is 0.335 e. The number of hydrogen-bond donors (Lipinski definition) is 0. The van der Waals surface area contributed by atoms with Gasteiger partial charge in [-0.25, -0.2) is 4.79 Å². The van der Waals surface area contributed by atoms with Crippen LogP contribution in [0.5, 0.6) is 5.75 Å². The van der Waals surface area contributed by atoms with Crippen molar-refractivity contribution in [3.63, 3.8) is 0 Å². The van der Waals surface area contributed by atoms with Crippen molar-refractivity contribution in [2.45, 2.75) is 6.92 Å². The Bertz CT molecular complexity index is 380. The topological polar surface area (TPSA) is 43.4 Å². The van der Waals surface area contributed by atoms with Gasteiger partial charge in [0.2, 0.25) is 6.29 Å². The van der Waals surface area contributed by atoms with Gasteiger partial charge >= 0.3 is 5.97 Å². The van der Waals surface area contributed by atoms with E-state index in [9.17, 15) is 9.59 Å². The fraction of sp³-hybridized carbons (Fsp3) is 0.0909. The molecule has 0 spiro atoms. The molecule has 0 amide bonds. The molecule has 0 aromatic heterocycles. The summed E-state index contributed by atoms with van der Waals surface area (Å²) in [6.07, 6.45) is 2.73. The van der Waals surface area contributed by atoms with E-state index >= 15 is 0 Å². The third kappa shape index (κ3) is 2.29. The van der Waals surface area contributed by atoms with Gasteiger partial charge in [0.25, 0.3) is 0 Å². The number of rotatable bonds is 3. The molecule has 0 aliphatic carbocycles. The first-order valence-electron chi connectivity index (χ1n) is 4.00. The molecular formula is C11H9O3. The zero-order valence-electron chi connectivity index (χ0n) is 7.74. The molecule has 1 radical (unpaired) electrons. The lowest BCUT2D eigenvalue weighted by molar-refractivity contribution is -0.128. The minimum atomic E-state index is -0.591. The molecule has 0 bridgehead atoms. The van der Waals surface area contributed by atoms with Gasteiger partial charge < -0.3 is 4.74 Å². The van der Waals surface area contributed by atoms with Crippen LogP contribution < -0.4 is 4.74 Å². The summed E-state index contributed by atoms with van der Waals surface area (Å²) in [6.45, 7) is 5.09. The van der Waals surface area contributed by atoms with E-state index < -0.39 is 5.97 Å². The quantitative estimate of drug-likeness (QED) is 0.411. The Hall–Kier alpha value is -1.90. The van der Waals surface area contributed by atoms with Gasteiger partial charge in [-0.3, -0.25) is 4.79 Å². The van der Waals surface area contributed by atoms with Gasteiger partial charge in [-0.15, -0.1) is 0 Å². The molecule has 0 N–H and O–H groups in total. The van der Waals surface area contributed by atoms with Gasteiger partial charge in [-0.1, -0.05) is 12.6 Å². The molecule has 0 saturated carbocycles. The maximum atomic E-state index is 10.9.